The van der Waals surface area contributed by atoms with E-state index in [0.717, 1.165) is 47.1 Å². The molecule has 0 radical (unpaired) electrons. The van der Waals surface area contributed by atoms with Crippen molar-refractivity contribution in [3.05, 3.63) is 46.6 Å². The van der Waals surface area contributed by atoms with Gasteiger partial charge in [-0.25, -0.2) is 0 Å². The Hall–Kier alpha value is -2.54. The lowest BCUT2D eigenvalue weighted by atomic mass is 10.1. The number of methoxy groups -OCH3 is 1. The van der Waals surface area contributed by atoms with Gasteiger partial charge < -0.3 is 19.1 Å². The molecule has 0 amide bonds. The van der Waals surface area contributed by atoms with E-state index in [9.17, 15) is 5.11 Å². The molecule has 1 N–H and O–H groups in total. The second-order valence-electron chi connectivity index (χ2n) is 8.51. The molecule has 5 rings (SSSR count). The number of hydrogen-bond donors (Lipinski definition) is 1. The van der Waals surface area contributed by atoms with E-state index in [2.05, 4.69) is 4.90 Å². The molecule has 0 saturated carbocycles. The standard InChI is InChI=1S/C25H27Cl2N3O3/c1-28-20-14-19(27)18(26)13-17(20)24-21(28)15-30(25(24)31)16-6-7-22(32-2)23(12-16)33-11-10-29-8-4-3-5-9-29/h6-7,12-15,31H,3-5,8-11H2,1-2H3. The normalized spacial score (nSPS) is 14.9. The van der Waals surface area contributed by atoms with Crippen LogP contribution in [-0.2, 0) is 7.05 Å². The van der Waals surface area contributed by atoms with E-state index < -0.39 is 0 Å². The molecule has 1 aliphatic rings. The van der Waals surface area contributed by atoms with Crippen molar-refractivity contribution in [2.75, 3.05) is 33.4 Å². The van der Waals surface area contributed by atoms with Crippen molar-refractivity contribution >= 4 is 45.0 Å². The Morgan fingerprint density at radius 1 is 0.970 bits per heavy atom. The molecule has 8 heteroatoms. The van der Waals surface area contributed by atoms with Gasteiger partial charge in [0.15, 0.2) is 11.5 Å². The molecule has 0 bridgehead atoms. The molecule has 0 aliphatic carbocycles. The number of ether oxygens (including phenoxy) is 2. The molecule has 2 aromatic heterocycles. The van der Waals surface area contributed by atoms with E-state index in [1.165, 1.54) is 19.3 Å². The van der Waals surface area contributed by atoms with Crippen molar-refractivity contribution in [1.29, 1.82) is 0 Å². The average molecular weight is 488 g/mol. The number of halogens is 2. The Bertz CT molecular complexity index is 1320. The van der Waals surface area contributed by atoms with Crippen LogP contribution >= 0.6 is 23.2 Å². The van der Waals surface area contributed by atoms with E-state index in [0.29, 0.717) is 28.2 Å². The first-order chi connectivity index (χ1) is 16.0. The number of hydrogen-bond acceptors (Lipinski definition) is 4. The van der Waals surface area contributed by atoms with Crippen molar-refractivity contribution in [2.24, 2.45) is 7.05 Å². The quantitative estimate of drug-likeness (QED) is 0.361. The Morgan fingerprint density at radius 3 is 2.48 bits per heavy atom. The summed E-state index contributed by atoms with van der Waals surface area (Å²) in [4.78, 5) is 2.44. The fraction of sp³-hybridized carbons (Fsp3) is 0.360. The van der Waals surface area contributed by atoms with E-state index in [4.69, 9.17) is 32.7 Å². The molecule has 4 aromatic rings. The largest absolute Gasteiger partial charge is 0.494 e. The van der Waals surface area contributed by atoms with Crippen LogP contribution in [0.5, 0.6) is 17.4 Å². The fourth-order valence-electron chi connectivity index (χ4n) is 4.73. The zero-order valence-corrected chi connectivity index (χ0v) is 20.3. The summed E-state index contributed by atoms with van der Waals surface area (Å²) < 4.78 is 15.4. The number of nitrogens with zero attached hydrogens (tertiary/aromatic N) is 3. The Balaban J connectivity index is 1.49. The lowest BCUT2D eigenvalue weighted by Gasteiger charge is -2.26. The highest BCUT2D eigenvalue weighted by molar-refractivity contribution is 6.43. The number of rotatable bonds is 6. The Kier molecular flexibility index (Phi) is 6.08. The van der Waals surface area contributed by atoms with Crippen molar-refractivity contribution < 1.29 is 14.6 Å². The summed E-state index contributed by atoms with van der Waals surface area (Å²) in [6.45, 7) is 3.74. The Morgan fingerprint density at radius 2 is 1.73 bits per heavy atom. The van der Waals surface area contributed by atoms with Crippen LogP contribution in [0.2, 0.25) is 10.0 Å². The van der Waals surface area contributed by atoms with Gasteiger partial charge in [-0.1, -0.05) is 29.6 Å². The van der Waals surface area contributed by atoms with E-state index in [1.54, 1.807) is 17.7 Å². The first kappa shape index (κ1) is 22.3. The minimum absolute atomic E-state index is 0.137. The fourth-order valence-corrected chi connectivity index (χ4v) is 5.05. The number of fused-ring (bicyclic) bond motifs is 3. The van der Waals surface area contributed by atoms with Crippen LogP contribution in [0.15, 0.2) is 36.5 Å². The second kappa shape index (κ2) is 9.01. The highest BCUT2D eigenvalue weighted by atomic mass is 35.5. The van der Waals surface area contributed by atoms with Gasteiger partial charge in [-0.15, -0.1) is 0 Å². The molecule has 2 aromatic carbocycles. The van der Waals surface area contributed by atoms with Crippen molar-refractivity contribution in [2.45, 2.75) is 19.3 Å². The summed E-state index contributed by atoms with van der Waals surface area (Å²) in [5, 5.41) is 13.7. The highest BCUT2D eigenvalue weighted by Gasteiger charge is 2.20. The zero-order chi connectivity index (χ0) is 23.1. The van der Waals surface area contributed by atoms with E-state index >= 15 is 0 Å². The van der Waals surface area contributed by atoms with Crippen LogP contribution in [-0.4, -0.2) is 52.5 Å². The topological polar surface area (TPSA) is 51.8 Å². The molecule has 0 unspecified atom stereocenters. The summed E-state index contributed by atoms with van der Waals surface area (Å²) in [6, 6.07) is 9.30. The van der Waals surface area contributed by atoms with Gasteiger partial charge in [0.1, 0.15) is 6.61 Å². The molecule has 3 heterocycles. The molecule has 0 spiro atoms. The van der Waals surface area contributed by atoms with Crippen LogP contribution in [0.25, 0.3) is 27.5 Å². The van der Waals surface area contributed by atoms with Gasteiger partial charge >= 0.3 is 0 Å². The third kappa shape index (κ3) is 4.01. The van der Waals surface area contributed by atoms with Gasteiger partial charge in [-0.2, -0.15) is 0 Å². The number of aryl methyl sites for hydroxylation is 1. The van der Waals surface area contributed by atoms with Gasteiger partial charge in [0.05, 0.1) is 39.3 Å². The molecule has 6 nitrogen and oxygen atoms in total. The first-order valence-electron chi connectivity index (χ1n) is 11.2. The van der Waals surface area contributed by atoms with Crippen molar-refractivity contribution in [3.63, 3.8) is 0 Å². The van der Waals surface area contributed by atoms with Gasteiger partial charge in [-0.05, 0) is 50.2 Å². The molecule has 1 saturated heterocycles. The first-order valence-corrected chi connectivity index (χ1v) is 11.9. The van der Waals surface area contributed by atoms with Crippen LogP contribution in [0.4, 0.5) is 0 Å². The SMILES string of the molecule is COc1ccc(-n2cc3c(c2O)c2cc(Cl)c(Cl)cc2n3C)cc1OCCN1CCCCC1. The predicted molar refractivity (Wildman–Crippen MR) is 134 cm³/mol. The summed E-state index contributed by atoms with van der Waals surface area (Å²) in [7, 11) is 3.58. The number of likely N-dealkylation sites (tertiary alicyclic amines) is 1. The monoisotopic (exact) mass is 487 g/mol. The number of aromatic nitrogens is 2. The van der Waals surface area contributed by atoms with Gasteiger partial charge in [0.25, 0.3) is 0 Å². The lowest BCUT2D eigenvalue weighted by Crippen LogP contribution is -2.33. The zero-order valence-electron chi connectivity index (χ0n) is 18.8. The molecule has 174 valence electrons. The third-order valence-corrected chi connectivity index (χ3v) is 7.25. The smallest absolute Gasteiger partial charge is 0.206 e. The maximum absolute atomic E-state index is 11.2. The summed E-state index contributed by atoms with van der Waals surface area (Å²) in [6.07, 6.45) is 5.74. The molecule has 33 heavy (non-hydrogen) atoms. The van der Waals surface area contributed by atoms with Gasteiger partial charge in [0.2, 0.25) is 5.88 Å². The third-order valence-electron chi connectivity index (χ3n) is 6.53. The van der Waals surface area contributed by atoms with Gasteiger partial charge in [0, 0.05) is 31.2 Å². The minimum atomic E-state index is 0.137. The number of aromatic hydroxyl groups is 1. The summed E-state index contributed by atoms with van der Waals surface area (Å²) in [5.41, 5.74) is 2.57. The maximum Gasteiger partial charge on any atom is 0.206 e. The second-order valence-corrected chi connectivity index (χ2v) is 9.33. The van der Waals surface area contributed by atoms with Crippen molar-refractivity contribution in [1.82, 2.24) is 14.0 Å². The molecular formula is C25H27Cl2N3O3. The molecular weight excluding hydrogens is 461 g/mol. The van der Waals surface area contributed by atoms with Crippen LogP contribution in [0, 0.1) is 0 Å². The van der Waals surface area contributed by atoms with Crippen molar-refractivity contribution in [3.8, 4) is 23.1 Å². The molecule has 0 atom stereocenters. The highest BCUT2D eigenvalue weighted by Crippen LogP contribution is 2.41. The lowest BCUT2D eigenvalue weighted by molar-refractivity contribution is 0.180. The maximum atomic E-state index is 11.2. The van der Waals surface area contributed by atoms with Crippen LogP contribution < -0.4 is 9.47 Å². The summed E-state index contributed by atoms with van der Waals surface area (Å²) in [5.74, 6) is 1.46. The van der Waals surface area contributed by atoms with Crippen LogP contribution in [0.1, 0.15) is 19.3 Å². The van der Waals surface area contributed by atoms with E-state index in [-0.39, 0.29) is 5.88 Å². The molecule has 1 fully saturated rings. The average Bonchev–Trinajstić information content (AvgIpc) is 3.30. The number of piperidine rings is 1. The molecule has 1 aliphatic heterocycles. The van der Waals surface area contributed by atoms with Crippen LogP contribution in [0.3, 0.4) is 0 Å². The van der Waals surface area contributed by atoms with Gasteiger partial charge in [-0.3, -0.25) is 9.47 Å². The minimum Gasteiger partial charge on any atom is -0.494 e. The number of benzene rings is 2. The Labute approximate surface area is 202 Å². The predicted octanol–water partition coefficient (Wildman–Crippen LogP) is 6.01. The van der Waals surface area contributed by atoms with E-state index in [1.807, 2.05) is 42.1 Å². The summed E-state index contributed by atoms with van der Waals surface area (Å²) >= 11 is 12.5.